The second kappa shape index (κ2) is 5.01. The Kier molecular flexibility index (Phi) is 4.26. The van der Waals surface area contributed by atoms with Crippen LogP contribution < -0.4 is 0 Å². The Labute approximate surface area is 77.5 Å². The van der Waals surface area contributed by atoms with Gasteiger partial charge < -0.3 is 0 Å². The van der Waals surface area contributed by atoms with E-state index in [2.05, 4.69) is 15.2 Å². The molecule has 58 valence electrons. The van der Waals surface area contributed by atoms with Crippen LogP contribution in [0.15, 0.2) is 8.68 Å². The number of thioether (sulfide) groups is 2. The van der Waals surface area contributed by atoms with Crippen molar-refractivity contribution in [2.45, 2.75) is 8.68 Å². The van der Waals surface area contributed by atoms with Crippen LogP contribution in [0.3, 0.4) is 0 Å². The molecular weight excluding hydrogens is 219 g/mol. The maximum atomic E-state index is 9.97. The molecule has 0 fully saturated rings. The van der Waals surface area contributed by atoms with Crippen molar-refractivity contribution in [1.29, 1.82) is 0 Å². The van der Waals surface area contributed by atoms with Gasteiger partial charge in [0.05, 0.1) is 0 Å². The van der Waals surface area contributed by atoms with Crippen molar-refractivity contribution in [2.24, 2.45) is 0 Å². The Hall–Kier alpha value is 0.270. The second-order valence-electron chi connectivity index (χ2n) is 1.32. The van der Waals surface area contributed by atoms with Crippen LogP contribution >= 0.6 is 42.8 Å². The zero-order valence-corrected chi connectivity index (χ0v) is 8.82. The summed E-state index contributed by atoms with van der Waals surface area (Å²) in [5.74, 6) is 0. The van der Waals surface area contributed by atoms with E-state index in [4.69, 9.17) is 0 Å². The predicted molar refractivity (Wildman–Crippen MR) is 49.0 cm³/mol. The summed E-state index contributed by atoms with van der Waals surface area (Å²) in [6, 6.07) is 0. The number of aromatic nitrogens is 2. The average molecular weight is 222 g/mol. The Balaban J connectivity index is 2.70. The second-order valence-corrected chi connectivity index (χ2v) is 5.12. The maximum absolute atomic E-state index is 9.97. The first-order valence-corrected chi connectivity index (χ1v) is 6.15. The van der Waals surface area contributed by atoms with E-state index in [1.807, 2.05) is 6.26 Å². The third kappa shape index (κ3) is 3.01. The van der Waals surface area contributed by atoms with Gasteiger partial charge in [-0.05, 0) is 0 Å². The van der Waals surface area contributed by atoms with Gasteiger partial charge in [0.1, 0.15) is 0 Å². The van der Waals surface area contributed by atoms with E-state index in [-0.39, 0.29) is 7.92 Å². The summed E-state index contributed by atoms with van der Waals surface area (Å²) in [6.07, 6.45) is 1.94. The van der Waals surface area contributed by atoms with Gasteiger partial charge in [-0.3, -0.25) is 0 Å². The molecule has 0 atom stereocenters. The number of rotatable bonds is 2. The predicted octanol–water partition coefficient (Wildman–Crippen LogP) is 2.56. The molecule has 1 rings (SSSR count). The van der Waals surface area contributed by atoms with Gasteiger partial charge in [0.15, 0.2) is 0 Å². The third-order valence-electron chi connectivity index (χ3n) is 0.733. The van der Waals surface area contributed by atoms with Crippen molar-refractivity contribution in [1.82, 2.24) is 10.2 Å². The molecule has 0 aliphatic heterocycles. The van der Waals surface area contributed by atoms with Gasteiger partial charge in [0, 0.05) is 0 Å². The van der Waals surface area contributed by atoms with Crippen LogP contribution in [0, 0.1) is 4.96 Å². The summed E-state index contributed by atoms with van der Waals surface area (Å²) in [7, 11) is -0.102. The molecule has 7 heteroatoms. The van der Waals surface area contributed by atoms with Crippen molar-refractivity contribution in [3.63, 3.8) is 0 Å². The Bertz CT molecular complexity index is 332. The molecule has 0 aromatic carbocycles. The molecule has 11 heavy (non-hydrogen) atoms. The van der Waals surface area contributed by atoms with Crippen LogP contribution in [-0.2, 0) is 4.57 Å². The fraction of sp³-hybridized carbons (Fsp3) is 0.250. The van der Waals surface area contributed by atoms with E-state index < -0.39 is 0 Å². The Morgan fingerprint density at radius 3 is 2.82 bits per heavy atom. The van der Waals surface area contributed by atoms with Gasteiger partial charge in [0.25, 0.3) is 0 Å². The zero-order chi connectivity index (χ0) is 8.10. The van der Waals surface area contributed by atoms with Crippen LogP contribution in [-0.4, -0.2) is 16.5 Å². The molecule has 0 saturated heterocycles. The van der Waals surface area contributed by atoms with Crippen LogP contribution in [0.25, 0.3) is 0 Å². The minimum atomic E-state index is -0.102. The van der Waals surface area contributed by atoms with Gasteiger partial charge in [-0.1, -0.05) is 0 Å². The molecule has 1 aromatic heterocycles. The molecule has 1 heterocycles. The molecule has 3 nitrogen and oxygen atoms in total. The van der Waals surface area contributed by atoms with E-state index in [1.54, 1.807) is 11.8 Å². The van der Waals surface area contributed by atoms with E-state index in [0.717, 1.165) is 8.68 Å². The zero-order valence-electron chi connectivity index (χ0n) is 5.47. The Morgan fingerprint density at radius 1 is 1.55 bits per heavy atom. The van der Waals surface area contributed by atoms with Crippen LogP contribution in [0.4, 0.5) is 0 Å². The number of hydrogen-bond donors (Lipinski definition) is 0. The first-order valence-electron chi connectivity index (χ1n) is 2.48. The van der Waals surface area contributed by atoms with Crippen LogP contribution in [0.5, 0.6) is 0 Å². The quantitative estimate of drug-likeness (QED) is 0.568. The van der Waals surface area contributed by atoms with Crippen LogP contribution in [0.1, 0.15) is 0 Å². The average Bonchev–Trinajstić information content (AvgIpc) is 2.48. The minimum absolute atomic E-state index is 0.102. The fourth-order valence-corrected chi connectivity index (χ4v) is 2.82. The molecule has 0 radical (unpaired) electrons. The van der Waals surface area contributed by atoms with E-state index >= 15 is 0 Å². The summed E-state index contributed by atoms with van der Waals surface area (Å²) in [5.41, 5.74) is 0. The number of hydrogen-bond acceptors (Lipinski definition) is 6. The van der Waals surface area contributed by atoms with E-state index in [9.17, 15) is 4.57 Å². The van der Waals surface area contributed by atoms with E-state index in [1.165, 1.54) is 23.1 Å². The molecule has 0 aliphatic carbocycles. The first kappa shape index (κ1) is 9.36. The summed E-state index contributed by atoms with van der Waals surface area (Å²) >= 11 is 4.23. The molecule has 0 N–H and O–H groups in total. The molecule has 0 saturated carbocycles. The monoisotopic (exact) mass is 222 g/mol. The SMILES string of the molecule is CSc1nnc(SC#P=O)s1. The molecule has 0 aliphatic rings. The van der Waals surface area contributed by atoms with Gasteiger partial charge >= 0.3 is 77.4 Å². The van der Waals surface area contributed by atoms with Crippen molar-refractivity contribution < 1.29 is 4.57 Å². The fourth-order valence-electron chi connectivity index (χ4n) is 0.379. The normalized spacial score (nSPS) is 9.18. The van der Waals surface area contributed by atoms with Crippen molar-refractivity contribution in [2.75, 3.05) is 6.26 Å². The summed E-state index contributed by atoms with van der Waals surface area (Å²) in [6.45, 7) is 0. The summed E-state index contributed by atoms with van der Waals surface area (Å²) in [4.78, 5) is 2.53. The molecule has 0 bridgehead atoms. The van der Waals surface area contributed by atoms with Crippen molar-refractivity contribution >= 4 is 42.8 Å². The van der Waals surface area contributed by atoms with E-state index in [0.29, 0.717) is 0 Å². The molecule has 0 amide bonds. The van der Waals surface area contributed by atoms with Gasteiger partial charge in [-0.15, -0.1) is 0 Å². The third-order valence-corrected chi connectivity index (χ3v) is 3.85. The molecular formula is C4H3N2OPS3. The summed E-state index contributed by atoms with van der Waals surface area (Å²) in [5, 5.41) is 7.68. The van der Waals surface area contributed by atoms with Gasteiger partial charge in [-0.25, -0.2) is 0 Å². The molecule has 0 spiro atoms. The number of nitrogens with zero attached hydrogens (tertiary/aromatic N) is 2. The molecule has 0 unspecified atom stereocenters. The van der Waals surface area contributed by atoms with Crippen molar-refractivity contribution in [3.8, 4) is 4.96 Å². The Morgan fingerprint density at radius 2 is 2.27 bits per heavy atom. The summed E-state index contributed by atoms with van der Waals surface area (Å²) < 4.78 is 11.7. The van der Waals surface area contributed by atoms with Crippen LogP contribution in [0.2, 0.25) is 0 Å². The van der Waals surface area contributed by atoms with Gasteiger partial charge in [-0.2, -0.15) is 0 Å². The van der Waals surface area contributed by atoms with Crippen molar-refractivity contribution in [3.05, 3.63) is 0 Å². The molecule has 1 aromatic rings. The topological polar surface area (TPSA) is 42.9 Å². The van der Waals surface area contributed by atoms with Gasteiger partial charge in [0.2, 0.25) is 0 Å². The standard InChI is InChI=1S/C4H3N2OPS3/c1-9-3-5-6-4(11-3)10-2-8-7/h1H3. The first-order chi connectivity index (χ1) is 5.36.